The zero-order valence-corrected chi connectivity index (χ0v) is 15.7. The zero-order chi connectivity index (χ0) is 19.4. The highest BCUT2D eigenvalue weighted by molar-refractivity contribution is 7.88. The first-order chi connectivity index (χ1) is 12.8. The van der Waals surface area contributed by atoms with Crippen molar-refractivity contribution in [1.82, 2.24) is 14.1 Å². The van der Waals surface area contributed by atoms with Gasteiger partial charge in [-0.25, -0.2) is 8.42 Å². The van der Waals surface area contributed by atoms with E-state index in [9.17, 15) is 18.0 Å². The van der Waals surface area contributed by atoms with Crippen molar-refractivity contribution in [2.75, 3.05) is 39.0 Å². The molecule has 146 valence electrons. The molecule has 1 aliphatic rings. The van der Waals surface area contributed by atoms with E-state index in [4.69, 9.17) is 8.83 Å². The molecule has 27 heavy (non-hydrogen) atoms. The van der Waals surface area contributed by atoms with Gasteiger partial charge in [-0.3, -0.25) is 9.59 Å². The molecule has 0 saturated carbocycles. The van der Waals surface area contributed by atoms with Crippen LogP contribution in [0, 0.1) is 0 Å². The van der Waals surface area contributed by atoms with Crippen molar-refractivity contribution in [2.24, 2.45) is 0 Å². The predicted molar refractivity (Wildman–Crippen MR) is 95.2 cm³/mol. The third-order valence-corrected chi connectivity index (χ3v) is 5.54. The molecule has 0 aliphatic carbocycles. The SMILES string of the molecule is CS(=O)(=O)N(CC(=O)N1CCN(C(=O)c2ccco2)CC1)Cc1ccco1. The first-order valence-electron chi connectivity index (χ1n) is 8.42. The molecule has 0 radical (unpaired) electrons. The summed E-state index contributed by atoms with van der Waals surface area (Å²) in [5.41, 5.74) is 0. The van der Waals surface area contributed by atoms with E-state index in [0.717, 1.165) is 10.6 Å². The van der Waals surface area contributed by atoms with Crippen LogP contribution < -0.4 is 0 Å². The molecule has 0 unspecified atom stereocenters. The van der Waals surface area contributed by atoms with Crippen molar-refractivity contribution in [3.63, 3.8) is 0 Å². The largest absolute Gasteiger partial charge is 0.468 e. The Bertz CT molecular complexity index is 868. The molecule has 0 aromatic carbocycles. The maximum absolute atomic E-state index is 12.6. The van der Waals surface area contributed by atoms with Gasteiger partial charge in [-0.15, -0.1) is 0 Å². The number of carbonyl (C=O) groups is 2. The standard InChI is InChI=1S/C17H21N3O6S/c1-27(23,24)20(12-14-4-2-10-25-14)13-16(21)18-6-8-19(9-7-18)17(22)15-5-3-11-26-15/h2-5,10-11H,6-9,12-13H2,1H3. The molecule has 2 amide bonds. The van der Waals surface area contributed by atoms with Crippen molar-refractivity contribution >= 4 is 21.8 Å². The van der Waals surface area contributed by atoms with E-state index in [1.807, 2.05) is 0 Å². The number of rotatable bonds is 6. The zero-order valence-electron chi connectivity index (χ0n) is 14.9. The maximum Gasteiger partial charge on any atom is 0.289 e. The van der Waals surface area contributed by atoms with Crippen LogP contribution in [0.3, 0.4) is 0 Å². The van der Waals surface area contributed by atoms with E-state index in [1.54, 1.807) is 34.1 Å². The van der Waals surface area contributed by atoms with Crippen LogP contribution in [0.5, 0.6) is 0 Å². The highest BCUT2D eigenvalue weighted by Gasteiger charge is 2.29. The van der Waals surface area contributed by atoms with Crippen LogP contribution in [0.4, 0.5) is 0 Å². The molecule has 1 fully saturated rings. The van der Waals surface area contributed by atoms with E-state index in [-0.39, 0.29) is 30.7 Å². The Morgan fingerprint density at radius 2 is 1.67 bits per heavy atom. The number of amides is 2. The van der Waals surface area contributed by atoms with E-state index in [1.165, 1.54) is 12.5 Å². The molecular weight excluding hydrogens is 374 g/mol. The molecule has 0 atom stereocenters. The summed E-state index contributed by atoms with van der Waals surface area (Å²) in [7, 11) is -3.58. The average Bonchev–Trinajstić information content (AvgIpc) is 3.33. The third-order valence-electron chi connectivity index (χ3n) is 4.34. The molecule has 9 nitrogen and oxygen atoms in total. The third kappa shape index (κ3) is 4.77. The second-order valence-electron chi connectivity index (χ2n) is 6.26. The van der Waals surface area contributed by atoms with Crippen LogP contribution in [0.25, 0.3) is 0 Å². The fourth-order valence-electron chi connectivity index (χ4n) is 2.83. The van der Waals surface area contributed by atoms with Crippen LogP contribution in [0.2, 0.25) is 0 Å². The summed E-state index contributed by atoms with van der Waals surface area (Å²) in [5.74, 6) is 0.193. The van der Waals surface area contributed by atoms with Crippen molar-refractivity contribution < 1.29 is 26.8 Å². The summed E-state index contributed by atoms with van der Waals surface area (Å²) >= 11 is 0. The Morgan fingerprint density at radius 1 is 1.04 bits per heavy atom. The van der Waals surface area contributed by atoms with Crippen molar-refractivity contribution in [1.29, 1.82) is 0 Å². The van der Waals surface area contributed by atoms with E-state index in [0.29, 0.717) is 31.9 Å². The minimum absolute atomic E-state index is 0.00544. The summed E-state index contributed by atoms with van der Waals surface area (Å²) in [5, 5.41) is 0. The molecule has 0 bridgehead atoms. The molecule has 2 aromatic heterocycles. The van der Waals surface area contributed by atoms with Gasteiger partial charge in [-0.05, 0) is 24.3 Å². The summed E-state index contributed by atoms with van der Waals surface area (Å²) in [6.07, 6.45) is 3.95. The Kier molecular flexibility index (Phi) is 5.66. The first kappa shape index (κ1) is 19.2. The van der Waals surface area contributed by atoms with Crippen molar-refractivity contribution in [3.8, 4) is 0 Å². The van der Waals surface area contributed by atoms with E-state index in [2.05, 4.69) is 0 Å². The van der Waals surface area contributed by atoms with Gasteiger partial charge in [0.15, 0.2) is 5.76 Å². The Balaban J connectivity index is 1.57. The Morgan fingerprint density at radius 3 is 2.22 bits per heavy atom. The average molecular weight is 395 g/mol. The van der Waals surface area contributed by atoms with Gasteiger partial charge in [0, 0.05) is 26.2 Å². The summed E-state index contributed by atoms with van der Waals surface area (Å²) in [4.78, 5) is 28.0. The lowest BCUT2D eigenvalue weighted by Crippen LogP contribution is -2.52. The number of hydrogen-bond donors (Lipinski definition) is 0. The van der Waals surface area contributed by atoms with Crippen molar-refractivity contribution in [2.45, 2.75) is 6.54 Å². The van der Waals surface area contributed by atoms with Gasteiger partial charge in [-0.1, -0.05) is 0 Å². The van der Waals surface area contributed by atoms with Crippen LogP contribution in [0.15, 0.2) is 45.6 Å². The van der Waals surface area contributed by atoms with E-state index >= 15 is 0 Å². The number of furan rings is 2. The maximum atomic E-state index is 12.6. The van der Waals surface area contributed by atoms with E-state index < -0.39 is 10.0 Å². The summed E-state index contributed by atoms with van der Waals surface area (Å²) < 4.78 is 35.4. The van der Waals surface area contributed by atoms with Crippen molar-refractivity contribution in [3.05, 3.63) is 48.3 Å². The summed E-state index contributed by atoms with van der Waals surface area (Å²) in [6, 6.07) is 6.55. The monoisotopic (exact) mass is 395 g/mol. The number of hydrogen-bond acceptors (Lipinski definition) is 6. The van der Waals surface area contributed by atoms with Crippen LogP contribution in [-0.4, -0.2) is 73.3 Å². The normalized spacial score (nSPS) is 15.3. The molecule has 3 rings (SSSR count). The fourth-order valence-corrected chi connectivity index (χ4v) is 3.54. The Labute approximate surface area is 157 Å². The smallest absolute Gasteiger partial charge is 0.289 e. The number of carbonyl (C=O) groups excluding carboxylic acids is 2. The van der Waals surface area contributed by atoms with Gasteiger partial charge in [0.25, 0.3) is 5.91 Å². The quantitative estimate of drug-likeness (QED) is 0.710. The molecule has 0 spiro atoms. The first-order valence-corrected chi connectivity index (χ1v) is 10.3. The van der Waals surface area contributed by atoms with Gasteiger partial charge < -0.3 is 18.6 Å². The second-order valence-corrected chi connectivity index (χ2v) is 8.24. The van der Waals surface area contributed by atoms with Gasteiger partial charge in [0.2, 0.25) is 15.9 Å². The fraction of sp³-hybridized carbons (Fsp3) is 0.412. The minimum Gasteiger partial charge on any atom is -0.468 e. The number of sulfonamides is 1. The number of nitrogens with zero attached hydrogens (tertiary/aromatic N) is 3. The topological polar surface area (TPSA) is 104 Å². The lowest BCUT2D eigenvalue weighted by Gasteiger charge is -2.35. The Hall–Kier alpha value is -2.59. The molecule has 1 saturated heterocycles. The molecule has 1 aliphatic heterocycles. The lowest BCUT2D eigenvalue weighted by molar-refractivity contribution is -0.133. The molecule has 2 aromatic rings. The molecular formula is C17H21N3O6S. The highest BCUT2D eigenvalue weighted by Crippen LogP contribution is 2.12. The summed E-state index contributed by atoms with van der Waals surface area (Å²) in [6.45, 7) is 1.12. The number of piperazine rings is 1. The molecule has 3 heterocycles. The van der Waals surface area contributed by atoms with Gasteiger partial charge in [-0.2, -0.15) is 4.31 Å². The van der Waals surface area contributed by atoms with Gasteiger partial charge in [0.1, 0.15) is 5.76 Å². The van der Waals surface area contributed by atoms with Gasteiger partial charge >= 0.3 is 0 Å². The molecule has 10 heteroatoms. The van der Waals surface area contributed by atoms with Crippen LogP contribution >= 0.6 is 0 Å². The molecule has 0 N–H and O–H groups in total. The predicted octanol–water partition coefficient (Wildman–Crippen LogP) is 0.619. The van der Waals surface area contributed by atoms with Crippen LogP contribution in [0.1, 0.15) is 16.3 Å². The highest BCUT2D eigenvalue weighted by atomic mass is 32.2. The minimum atomic E-state index is -3.58. The van der Waals surface area contributed by atoms with Gasteiger partial charge in [0.05, 0.1) is 31.9 Å². The van der Waals surface area contributed by atoms with Crippen LogP contribution in [-0.2, 0) is 21.4 Å². The lowest BCUT2D eigenvalue weighted by atomic mass is 10.2. The second kappa shape index (κ2) is 7.97.